The quantitative estimate of drug-likeness (QED) is 0.583. The first-order chi connectivity index (χ1) is 5.24. The summed E-state index contributed by atoms with van der Waals surface area (Å²) in [6.45, 7) is 1.62. The first-order valence-corrected chi connectivity index (χ1v) is 4.62. The fraction of sp³-hybridized carbons (Fsp3) is 0.857. The molecular weight excluding hydrogens is 210 g/mol. The van der Waals surface area contributed by atoms with Gasteiger partial charge in [0.1, 0.15) is 0 Å². The Morgan fingerprint density at radius 2 is 2.09 bits per heavy atom. The first kappa shape index (κ1) is 8.84. The smallest absolute Gasteiger partial charge is 0.409 e. The normalized spacial score (nSPS) is 20.0. The number of hydrogen-bond donors (Lipinski definition) is 0. The molecule has 0 bridgehead atoms. The molecule has 0 aliphatic carbocycles. The molecule has 1 aliphatic heterocycles. The molecule has 0 N–H and O–H groups in total. The average Bonchev–Trinajstić information content (AvgIpc) is 2.05. The number of nitrogens with zero attached hydrogens (tertiary/aromatic N) is 1. The third kappa shape index (κ3) is 2.36. The van der Waals surface area contributed by atoms with E-state index in [1.807, 2.05) is 0 Å². The number of hydrogen-bond acceptors (Lipinski definition) is 2. The highest BCUT2D eigenvalue weighted by Crippen LogP contribution is 2.17. The standard InChI is InChI=1S/C7H12BrNO2/c1-11-7(10)9-4-2-6(8)3-5-9/h6H,2-5H2,1H3. The second kappa shape index (κ2) is 3.95. The molecule has 0 aromatic carbocycles. The van der Waals surface area contributed by atoms with Gasteiger partial charge in [0.25, 0.3) is 0 Å². The Bertz CT molecular complexity index is 143. The average molecular weight is 222 g/mol. The van der Waals surface area contributed by atoms with E-state index in [1.165, 1.54) is 7.11 Å². The summed E-state index contributed by atoms with van der Waals surface area (Å²) in [5.74, 6) is 0. The molecule has 0 unspecified atom stereocenters. The van der Waals surface area contributed by atoms with Crippen LogP contribution in [0.4, 0.5) is 4.79 Å². The Labute approximate surface area is 74.8 Å². The summed E-state index contributed by atoms with van der Waals surface area (Å²) in [6.07, 6.45) is 1.84. The zero-order valence-electron chi connectivity index (χ0n) is 6.55. The van der Waals surface area contributed by atoms with E-state index in [9.17, 15) is 4.79 Å². The number of likely N-dealkylation sites (tertiary alicyclic amines) is 1. The number of rotatable bonds is 0. The van der Waals surface area contributed by atoms with E-state index in [1.54, 1.807) is 4.90 Å². The zero-order valence-corrected chi connectivity index (χ0v) is 8.13. The van der Waals surface area contributed by atoms with E-state index in [0.29, 0.717) is 4.83 Å². The minimum absolute atomic E-state index is 0.204. The van der Waals surface area contributed by atoms with Crippen LogP contribution in [0.25, 0.3) is 0 Å². The summed E-state index contributed by atoms with van der Waals surface area (Å²) in [4.78, 5) is 13.3. The lowest BCUT2D eigenvalue weighted by atomic mass is 10.1. The third-order valence-corrected chi connectivity index (χ3v) is 2.77. The van der Waals surface area contributed by atoms with Gasteiger partial charge in [-0.25, -0.2) is 4.79 Å². The number of amides is 1. The summed E-state index contributed by atoms with van der Waals surface area (Å²) in [7, 11) is 1.42. The summed E-state index contributed by atoms with van der Waals surface area (Å²) in [5.41, 5.74) is 0. The van der Waals surface area contributed by atoms with Gasteiger partial charge in [0.05, 0.1) is 7.11 Å². The second-order valence-electron chi connectivity index (χ2n) is 2.63. The zero-order chi connectivity index (χ0) is 8.27. The van der Waals surface area contributed by atoms with Gasteiger partial charge in [-0.3, -0.25) is 0 Å². The number of halogens is 1. The van der Waals surface area contributed by atoms with Crippen LogP contribution in [0.1, 0.15) is 12.8 Å². The van der Waals surface area contributed by atoms with E-state index >= 15 is 0 Å². The van der Waals surface area contributed by atoms with Gasteiger partial charge in [0.2, 0.25) is 0 Å². The van der Waals surface area contributed by atoms with Crippen molar-refractivity contribution >= 4 is 22.0 Å². The number of alkyl halides is 1. The van der Waals surface area contributed by atoms with Crippen molar-refractivity contribution < 1.29 is 9.53 Å². The summed E-state index contributed by atoms with van der Waals surface area (Å²) in [6, 6.07) is 0. The summed E-state index contributed by atoms with van der Waals surface area (Å²) < 4.78 is 4.60. The monoisotopic (exact) mass is 221 g/mol. The van der Waals surface area contributed by atoms with Crippen molar-refractivity contribution in [2.75, 3.05) is 20.2 Å². The highest BCUT2D eigenvalue weighted by Gasteiger charge is 2.20. The molecular formula is C7H12BrNO2. The highest BCUT2D eigenvalue weighted by molar-refractivity contribution is 9.09. The molecule has 1 amide bonds. The lowest BCUT2D eigenvalue weighted by Crippen LogP contribution is -2.38. The molecule has 1 heterocycles. The van der Waals surface area contributed by atoms with Crippen molar-refractivity contribution in [1.29, 1.82) is 0 Å². The van der Waals surface area contributed by atoms with Crippen molar-refractivity contribution in [3.63, 3.8) is 0 Å². The van der Waals surface area contributed by atoms with Gasteiger partial charge in [-0.2, -0.15) is 0 Å². The highest BCUT2D eigenvalue weighted by atomic mass is 79.9. The first-order valence-electron chi connectivity index (χ1n) is 3.71. The Balaban J connectivity index is 2.33. The Hall–Kier alpha value is -0.250. The van der Waals surface area contributed by atoms with Crippen LogP contribution < -0.4 is 0 Å². The molecule has 1 fully saturated rings. The van der Waals surface area contributed by atoms with Crippen LogP contribution in [0, 0.1) is 0 Å². The molecule has 64 valence electrons. The Kier molecular flexibility index (Phi) is 3.17. The lowest BCUT2D eigenvalue weighted by Gasteiger charge is -2.27. The molecule has 1 rings (SSSR count). The number of carbonyl (C=O) groups is 1. The van der Waals surface area contributed by atoms with E-state index in [-0.39, 0.29) is 6.09 Å². The Morgan fingerprint density at radius 3 is 2.55 bits per heavy atom. The van der Waals surface area contributed by atoms with Crippen LogP contribution in [0.2, 0.25) is 0 Å². The molecule has 0 aromatic rings. The van der Waals surface area contributed by atoms with Gasteiger partial charge < -0.3 is 9.64 Å². The topological polar surface area (TPSA) is 29.5 Å². The van der Waals surface area contributed by atoms with Crippen LogP contribution in [-0.2, 0) is 4.74 Å². The molecule has 11 heavy (non-hydrogen) atoms. The fourth-order valence-electron chi connectivity index (χ4n) is 1.16. The molecule has 4 heteroatoms. The molecule has 0 spiro atoms. The van der Waals surface area contributed by atoms with Crippen LogP contribution in [0.15, 0.2) is 0 Å². The van der Waals surface area contributed by atoms with E-state index in [4.69, 9.17) is 0 Å². The number of methoxy groups -OCH3 is 1. The molecule has 1 saturated heterocycles. The maximum Gasteiger partial charge on any atom is 0.409 e. The van der Waals surface area contributed by atoms with Crippen LogP contribution >= 0.6 is 15.9 Å². The number of ether oxygens (including phenoxy) is 1. The van der Waals surface area contributed by atoms with Crippen molar-refractivity contribution in [2.45, 2.75) is 17.7 Å². The lowest BCUT2D eigenvalue weighted by molar-refractivity contribution is 0.116. The molecule has 1 aliphatic rings. The maximum atomic E-state index is 11.0. The second-order valence-corrected chi connectivity index (χ2v) is 3.93. The largest absolute Gasteiger partial charge is 0.453 e. The van der Waals surface area contributed by atoms with Gasteiger partial charge in [0, 0.05) is 17.9 Å². The van der Waals surface area contributed by atoms with Crippen molar-refractivity contribution in [3.8, 4) is 0 Å². The van der Waals surface area contributed by atoms with Crippen molar-refractivity contribution in [1.82, 2.24) is 4.90 Å². The number of carbonyl (C=O) groups excluding carboxylic acids is 1. The minimum Gasteiger partial charge on any atom is -0.453 e. The van der Waals surface area contributed by atoms with E-state index in [0.717, 1.165) is 25.9 Å². The maximum absolute atomic E-state index is 11.0. The molecule has 0 saturated carbocycles. The van der Waals surface area contributed by atoms with Gasteiger partial charge in [0.15, 0.2) is 0 Å². The third-order valence-electron chi connectivity index (χ3n) is 1.86. The van der Waals surface area contributed by atoms with Crippen LogP contribution in [0.5, 0.6) is 0 Å². The summed E-state index contributed by atoms with van der Waals surface area (Å²) >= 11 is 3.51. The van der Waals surface area contributed by atoms with Gasteiger partial charge in [-0.1, -0.05) is 15.9 Å². The predicted molar refractivity (Wildman–Crippen MR) is 45.9 cm³/mol. The Morgan fingerprint density at radius 1 is 1.55 bits per heavy atom. The minimum atomic E-state index is -0.204. The summed E-state index contributed by atoms with van der Waals surface area (Å²) in [5, 5.41) is 0. The van der Waals surface area contributed by atoms with Gasteiger partial charge in [-0.05, 0) is 12.8 Å². The predicted octanol–water partition coefficient (Wildman–Crippen LogP) is 1.61. The van der Waals surface area contributed by atoms with E-state index in [2.05, 4.69) is 20.7 Å². The fourth-order valence-corrected chi connectivity index (χ4v) is 1.57. The number of piperidine rings is 1. The molecule has 3 nitrogen and oxygen atoms in total. The molecule has 0 atom stereocenters. The van der Waals surface area contributed by atoms with Crippen molar-refractivity contribution in [2.24, 2.45) is 0 Å². The SMILES string of the molecule is COC(=O)N1CCC(Br)CC1. The van der Waals surface area contributed by atoms with Crippen LogP contribution in [0.3, 0.4) is 0 Å². The van der Waals surface area contributed by atoms with Crippen molar-refractivity contribution in [3.05, 3.63) is 0 Å². The van der Waals surface area contributed by atoms with Crippen LogP contribution in [-0.4, -0.2) is 36.0 Å². The molecule has 0 radical (unpaired) electrons. The van der Waals surface area contributed by atoms with E-state index < -0.39 is 0 Å². The van der Waals surface area contributed by atoms with Gasteiger partial charge in [-0.15, -0.1) is 0 Å². The molecule has 0 aromatic heterocycles. The van der Waals surface area contributed by atoms with Gasteiger partial charge >= 0.3 is 6.09 Å².